The molecule has 1 aliphatic carbocycles. The van der Waals surface area contributed by atoms with Crippen molar-refractivity contribution in [3.8, 4) is 0 Å². The number of aliphatic carboxylic acids is 1. The Morgan fingerprint density at radius 2 is 1.84 bits per heavy atom. The van der Waals surface area contributed by atoms with E-state index in [1.165, 1.54) is 4.68 Å². The molecule has 2 N–H and O–H groups in total. The minimum atomic E-state index is -0.771. The molecule has 1 aromatic heterocycles. The Morgan fingerprint density at radius 3 is 2.48 bits per heavy atom. The van der Waals surface area contributed by atoms with Crippen LogP contribution in [0.4, 0.5) is 0 Å². The Balaban J connectivity index is 1.68. The van der Waals surface area contributed by atoms with Gasteiger partial charge in [0.2, 0.25) is 5.91 Å². The number of nitrogens with one attached hydrogen (secondary N) is 1. The summed E-state index contributed by atoms with van der Waals surface area (Å²) in [7, 11) is 0. The van der Waals surface area contributed by atoms with Crippen LogP contribution in [0.25, 0.3) is 10.8 Å². The number of rotatable bonds is 4. The van der Waals surface area contributed by atoms with E-state index in [1.54, 1.807) is 12.1 Å². The molecule has 2 aromatic rings. The third-order valence-electron chi connectivity index (χ3n) is 4.79. The van der Waals surface area contributed by atoms with Crippen molar-refractivity contribution < 1.29 is 14.7 Å². The van der Waals surface area contributed by atoms with Crippen LogP contribution in [0.1, 0.15) is 31.4 Å². The van der Waals surface area contributed by atoms with Crippen molar-refractivity contribution in [2.24, 2.45) is 5.92 Å². The van der Waals surface area contributed by atoms with E-state index in [0.717, 1.165) is 5.39 Å². The van der Waals surface area contributed by atoms with Gasteiger partial charge in [0.15, 0.2) is 0 Å². The molecule has 0 atom stereocenters. The third kappa shape index (κ3) is 3.70. The molecule has 0 spiro atoms. The lowest BCUT2D eigenvalue weighted by Crippen LogP contribution is -2.42. The van der Waals surface area contributed by atoms with Crippen LogP contribution >= 0.6 is 0 Å². The zero-order chi connectivity index (χ0) is 18.0. The molecule has 1 amide bonds. The Labute approximate surface area is 144 Å². The first-order valence-electron chi connectivity index (χ1n) is 8.44. The SMILES string of the molecule is Cc1nn(CC(=O)NC2CCC(C(=O)O)CC2)c(=O)c2ccccc12. The number of carboxylic acids is 1. The number of nitrogens with zero attached hydrogens (tertiary/aromatic N) is 2. The monoisotopic (exact) mass is 343 g/mol. The van der Waals surface area contributed by atoms with Crippen molar-refractivity contribution in [3.05, 3.63) is 40.3 Å². The van der Waals surface area contributed by atoms with Crippen LogP contribution in [0.3, 0.4) is 0 Å². The van der Waals surface area contributed by atoms with Crippen LogP contribution in [-0.2, 0) is 16.1 Å². The van der Waals surface area contributed by atoms with Crippen LogP contribution in [0, 0.1) is 12.8 Å². The number of carboxylic acid groups (broad SMARTS) is 1. The van der Waals surface area contributed by atoms with E-state index in [0.29, 0.717) is 36.8 Å². The first-order chi connectivity index (χ1) is 12.0. The number of amides is 1. The van der Waals surface area contributed by atoms with E-state index < -0.39 is 5.97 Å². The average Bonchev–Trinajstić information content (AvgIpc) is 2.60. The molecule has 0 bridgehead atoms. The normalized spacial score (nSPS) is 20.4. The van der Waals surface area contributed by atoms with Gasteiger partial charge in [0.25, 0.3) is 5.56 Å². The minimum Gasteiger partial charge on any atom is -0.481 e. The number of carbonyl (C=O) groups excluding carboxylic acids is 1. The molecule has 1 aliphatic rings. The van der Waals surface area contributed by atoms with Crippen molar-refractivity contribution in [2.45, 2.75) is 45.2 Å². The largest absolute Gasteiger partial charge is 0.481 e. The molecule has 132 valence electrons. The van der Waals surface area contributed by atoms with Gasteiger partial charge in [-0.1, -0.05) is 18.2 Å². The molecule has 0 unspecified atom stereocenters. The van der Waals surface area contributed by atoms with Crippen molar-refractivity contribution in [1.82, 2.24) is 15.1 Å². The van der Waals surface area contributed by atoms with Crippen molar-refractivity contribution in [3.63, 3.8) is 0 Å². The van der Waals surface area contributed by atoms with Gasteiger partial charge in [0.1, 0.15) is 6.54 Å². The molecule has 1 aromatic carbocycles. The standard InChI is InChI=1S/C18H21N3O4/c1-11-14-4-2-3-5-15(14)17(23)21(20-11)10-16(22)19-13-8-6-12(7-9-13)18(24)25/h2-5,12-13H,6-10H2,1H3,(H,19,22)(H,24,25). The van der Waals surface area contributed by atoms with E-state index >= 15 is 0 Å². The van der Waals surface area contributed by atoms with Crippen LogP contribution in [0.2, 0.25) is 0 Å². The highest BCUT2D eigenvalue weighted by Crippen LogP contribution is 2.24. The van der Waals surface area contributed by atoms with Gasteiger partial charge in [-0.2, -0.15) is 5.10 Å². The fourth-order valence-electron chi connectivity index (χ4n) is 3.41. The van der Waals surface area contributed by atoms with Crippen molar-refractivity contribution in [1.29, 1.82) is 0 Å². The zero-order valence-electron chi connectivity index (χ0n) is 14.1. The maximum atomic E-state index is 12.5. The lowest BCUT2D eigenvalue weighted by molar-refractivity contribution is -0.142. The van der Waals surface area contributed by atoms with Crippen molar-refractivity contribution >= 4 is 22.6 Å². The zero-order valence-corrected chi connectivity index (χ0v) is 14.1. The maximum absolute atomic E-state index is 12.5. The van der Waals surface area contributed by atoms with Gasteiger partial charge in [0, 0.05) is 11.4 Å². The smallest absolute Gasteiger partial charge is 0.306 e. The first-order valence-corrected chi connectivity index (χ1v) is 8.44. The Hall–Kier alpha value is -2.70. The number of benzene rings is 1. The molecular formula is C18H21N3O4. The number of fused-ring (bicyclic) bond motifs is 1. The van der Waals surface area contributed by atoms with Crippen LogP contribution < -0.4 is 10.9 Å². The molecule has 0 saturated heterocycles. The summed E-state index contributed by atoms with van der Waals surface area (Å²) >= 11 is 0. The van der Waals surface area contributed by atoms with Crippen molar-refractivity contribution in [2.75, 3.05) is 0 Å². The molecule has 1 saturated carbocycles. The Morgan fingerprint density at radius 1 is 1.20 bits per heavy atom. The van der Waals surface area contributed by atoms with Gasteiger partial charge in [-0.25, -0.2) is 4.68 Å². The fourth-order valence-corrected chi connectivity index (χ4v) is 3.41. The molecule has 7 nitrogen and oxygen atoms in total. The number of hydrogen-bond donors (Lipinski definition) is 2. The van der Waals surface area contributed by atoms with Gasteiger partial charge < -0.3 is 10.4 Å². The molecule has 1 fully saturated rings. The van der Waals surface area contributed by atoms with E-state index in [-0.39, 0.29) is 30.0 Å². The fraction of sp³-hybridized carbons (Fsp3) is 0.444. The second kappa shape index (κ2) is 7.04. The lowest BCUT2D eigenvalue weighted by atomic mass is 9.86. The van der Waals surface area contributed by atoms with E-state index in [2.05, 4.69) is 10.4 Å². The second-order valence-electron chi connectivity index (χ2n) is 6.55. The predicted molar refractivity (Wildman–Crippen MR) is 92.3 cm³/mol. The average molecular weight is 343 g/mol. The van der Waals surface area contributed by atoms with E-state index in [4.69, 9.17) is 5.11 Å². The predicted octanol–water partition coefficient (Wildman–Crippen LogP) is 1.46. The Kier molecular flexibility index (Phi) is 4.83. The van der Waals surface area contributed by atoms with E-state index in [9.17, 15) is 14.4 Å². The summed E-state index contributed by atoms with van der Waals surface area (Å²) in [6.07, 6.45) is 2.41. The van der Waals surface area contributed by atoms with E-state index in [1.807, 2.05) is 19.1 Å². The first kappa shape index (κ1) is 17.1. The topological polar surface area (TPSA) is 101 Å². The summed E-state index contributed by atoms with van der Waals surface area (Å²) in [6.45, 7) is 1.67. The highest BCUT2D eigenvalue weighted by Gasteiger charge is 2.26. The molecule has 7 heteroatoms. The highest BCUT2D eigenvalue weighted by molar-refractivity contribution is 5.83. The second-order valence-corrected chi connectivity index (χ2v) is 6.55. The summed E-state index contributed by atoms with van der Waals surface area (Å²) in [5.41, 5.74) is 0.413. The number of aryl methyl sites for hydroxylation is 1. The van der Waals surface area contributed by atoms with Crippen LogP contribution in [0.15, 0.2) is 29.1 Å². The third-order valence-corrected chi connectivity index (χ3v) is 4.79. The van der Waals surface area contributed by atoms with Crippen LogP contribution in [0.5, 0.6) is 0 Å². The van der Waals surface area contributed by atoms with Gasteiger partial charge in [-0.15, -0.1) is 0 Å². The van der Waals surface area contributed by atoms with Gasteiger partial charge in [-0.05, 0) is 38.7 Å². The van der Waals surface area contributed by atoms with Gasteiger partial charge >= 0.3 is 5.97 Å². The van der Waals surface area contributed by atoms with Crippen LogP contribution in [-0.4, -0.2) is 32.8 Å². The molecule has 1 heterocycles. The number of carbonyl (C=O) groups is 2. The summed E-state index contributed by atoms with van der Waals surface area (Å²) in [5.74, 6) is -1.37. The summed E-state index contributed by atoms with van der Waals surface area (Å²) < 4.78 is 1.19. The minimum absolute atomic E-state index is 0.0413. The number of aromatic nitrogens is 2. The Bertz CT molecular complexity index is 866. The molecule has 3 rings (SSSR count). The molecular weight excluding hydrogens is 322 g/mol. The van der Waals surface area contributed by atoms with Gasteiger partial charge in [0.05, 0.1) is 17.0 Å². The molecule has 0 radical (unpaired) electrons. The quantitative estimate of drug-likeness (QED) is 0.875. The molecule has 25 heavy (non-hydrogen) atoms. The summed E-state index contributed by atoms with van der Waals surface area (Å²) in [4.78, 5) is 35.7. The lowest BCUT2D eigenvalue weighted by Gasteiger charge is -2.26. The summed E-state index contributed by atoms with van der Waals surface area (Å²) in [6, 6.07) is 7.16. The molecule has 0 aliphatic heterocycles. The summed E-state index contributed by atoms with van der Waals surface area (Å²) in [5, 5.41) is 17.5. The maximum Gasteiger partial charge on any atom is 0.306 e. The van der Waals surface area contributed by atoms with Gasteiger partial charge in [-0.3, -0.25) is 14.4 Å². The highest BCUT2D eigenvalue weighted by atomic mass is 16.4. The number of hydrogen-bond acceptors (Lipinski definition) is 4.